The van der Waals surface area contributed by atoms with Gasteiger partial charge in [0.05, 0.1) is 26.8 Å². The van der Waals surface area contributed by atoms with Gasteiger partial charge in [0.2, 0.25) is 0 Å². The molecule has 1 N–H and O–H groups in total. The minimum Gasteiger partial charge on any atom is -0.275 e. The Bertz CT molecular complexity index is 946. The van der Waals surface area contributed by atoms with Crippen LogP contribution in [0.2, 0.25) is 15.1 Å². The highest BCUT2D eigenvalue weighted by atomic mass is 35.5. The van der Waals surface area contributed by atoms with E-state index in [9.17, 15) is 8.78 Å². The van der Waals surface area contributed by atoms with Crippen LogP contribution in [0.4, 0.5) is 14.5 Å². The fraction of sp³-hybridized carbons (Fsp3) is 0.125. The molecule has 1 heterocycles. The summed E-state index contributed by atoms with van der Waals surface area (Å²) in [6.45, 7) is -1.19. The first-order chi connectivity index (χ1) is 11.9. The minimum atomic E-state index is -2.75. The fourth-order valence-electron chi connectivity index (χ4n) is 2.34. The Morgan fingerprint density at radius 1 is 1.16 bits per heavy atom. The maximum atomic E-state index is 13.5. The summed E-state index contributed by atoms with van der Waals surface area (Å²) in [6.07, 6.45) is 0. The van der Waals surface area contributed by atoms with Gasteiger partial charge < -0.3 is 0 Å². The summed E-state index contributed by atoms with van der Waals surface area (Å²) in [4.78, 5) is 4.23. The molecule has 0 aliphatic carbocycles. The second-order valence-corrected chi connectivity index (χ2v) is 6.38. The van der Waals surface area contributed by atoms with E-state index in [1.807, 2.05) is 0 Å². The van der Waals surface area contributed by atoms with E-state index in [1.165, 1.54) is 12.1 Å². The van der Waals surface area contributed by atoms with E-state index in [0.29, 0.717) is 21.7 Å². The number of alkyl halides is 2. The zero-order chi connectivity index (χ0) is 18.1. The highest BCUT2D eigenvalue weighted by molar-refractivity contribution is 6.41. The Morgan fingerprint density at radius 3 is 2.44 bits per heavy atom. The van der Waals surface area contributed by atoms with Crippen molar-refractivity contribution >= 4 is 57.2 Å². The zero-order valence-corrected chi connectivity index (χ0v) is 15.0. The third kappa shape index (κ3) is 3.56. The van der Waals surface area contributed by atoms with E-state index in [2.05, 4.69) is 15.5 Å². The van der Waals surface area contributed by atoms with E-state index in [4.69, 9.17) is 34.8 Å². The summed E-state index contributed by atoms with van der Waals surface area (Å²) in [5.74, 6) is 0.0462. The quantitative estimate of drug-likeness (QED) is 0.414. The van der Waals surface area contributed by atoms with E-state index in [0.717, 1.165) is 4.57 Å². The monoisotopic (exact) mass is 402 g/mol. The van der Waals surface area contributed by atoms with Gasteiger partial charge in [0.15, 0.2) is 5.82 Å². The number of aromatic nitrogens is 2. The smallest absolute Gasteiger partial charge is 0.275 e. The molecule has 0 fully saturated rings. The van der Waals surface area contributed by atoms with Crippen LogP contribution in [-0.4, -0.2) is 15.3 Å². The lowest BCUT2D eigenvalue weighted by Gasteiger charge is -2.09. The number of hydrogen-bond donors (Lipinski definition) is 1. The molecule has 3 aromatic rings. The van der Waals surface area contributed by atoms with Gasteiger partial charge >= 0.3 is 6.55 Å². The van der Waals surface area contributed by atoms with Crippen LogP contribution in [0.3, 0.4) is 0 Å². The van der Waals surface area contributed by atoms with Gasteiger partial charge in [-0.1, -0.05) is 46.9 Å². The summed E-state index contributed by atoms with van der Waals surface area (Å²) in [6, 6.07) is 9.63. The number of anilines is 1. The molecule has 0 saturated carbocycles. The first kappa shape index (κ1) is 17.9. The molecule has 0 spiro atoms. The van der Waals surface area contributed by atoms with Crippen molar-refractivity contribution in [2.45, 2.75) is 13.5 Å². The number of hydrogen-bond acceptors (Lipinski definition) is 3. The number of rotatable bonds is 4. The molecule has 0 aliphatic rings. The van der Waals surface area contributed by atoms with Crippen LogP contribution in [0.25, 0.3) is 11.0 Å². The van der Waals surface area contributed by atoms with E-state index in [-0.39, 0.29) is 21.6 Å². The number of fused-ring (bicyclic) bond motifs is 1. The summed E-state index contributed by atoms with van der Waals surface area (Å²) < 4.78 is 27.8. The molecule has 1 aromatic heterocycles. The van der Waals surface area contributed by atoms with Crippen molar-refractivity contribution in [2.75, 3.05) is 5.43 Å². The maximum absolute atomic E-state index is 13.5. The summed E-state index contributed by atoms with van der Waals surface area (Å²) in [7, 11) is 0. The van der Waals surface area contributed by atoms with Crippen molar-refractivity contribution in [1.29, 1.82) is 0 Å². The largest absolute Gasteiger partial charge is 0.320 e. The van der Waals surface area contributed by atoms with Gasteiger partial charge in [0.1, 0.15) is 5.71 Å². The molecular weight excluding hydrogens is 393 g/mol. The molecule has 0 saturated heterocycles. The molecule has 3 rings (SSSR count). The van der Waals surface area contributed by atoms with Crippen molar-refractivity contribution in [3.8, 4) is 0 Å². The Balaban J connectivity index is 2.01. The number of halogens is 5. The maximum Gasteiger partial charge on any atom is 0.320 e. The first-order valence-corrected chi connectivity index (χ1v) is 8.22. The van der Waals surface area contributed by atoms with Crippen LogP contribution in [0, 0.1) is 0 Å². The molecular formula is C16H11Cl3F2N4. The Labute approximate surface area is 157 Å². The molecule has 0 radical (unpaired) electrons. The molecule has 0 unspecified atom stereocenters. The van der Waals surface area contributed by atoms with Gasteiger partial charge in [-0.05, 0) is 31.2 Å². The van der Waals surface area contributed by atoms with Crippen LogP contribution in [-0.2, 0) is 0 Å². The van der Waals surface area contributed by atoms with Crippen LogP contribution in [0.1, 0.15) is 19.3 Å². The van der Waals surface area contributed by atoms with Crippen molar-refractivity contribution in [2.24, 2.45) is 5.10 Å². The molecule has 0 amide bonds. The standard InChI is InChI=1S/C16H11Cl3F2N4/c1-8(23-24-14-10(18)6-9(17)7-11(14)19)15-22-12-4-2-3-5-13(12)25(15)16(20)21/h2-7,16,24H,1H3/b23-8+. The average Bonchev–Trinajstić information content (AvgIpc) is 2.93. The number of nitrogens with zero attached hydrogens (tertiary/aromatic N) is 3. The molecule has 0 bridgehead atoms. The SMILES string of the molecule is C/C(=N\Nc1c(Cl)cc(Cl)cc1Cl)c1nc2ccccc2n1C(F)F. The molecule has 130 valence electrons. The molecule has 0 atom stereocenters. The van der Waals surface area contributed by atoms with Crippen molar-refractivity contribution < 1.29 is 8.78 Å². The Hall–Kier alpha value is -1.89. The molecule has 0 aliphatic heterocycles. The van der Waals surface area contributed by atoms with Gasteiger partial charge in [-0.3, -0.25) is 9.99 Å². The summed E-state index contributed by atoms with van der Waals surface area (Å²) in [5, 5.41) is 4.99. The second-order valence-electron chi connectivity index (χ2n) is 5.13. The summed E-state index contributed by atoms with van der Waals surface area (Å²) >= 11 is 18.0. The zero-order valence-electron chi connectivity index (χ0n) is 12.8. The highest BCUT2D eigenvalue weighted by Crippen LogP contribution is 2.33. The number of nitrogens with one attached hydrogen (secondary N) is 1. The third-order valence-electron chi connectivity index (χ3n) is 3.46. The van der Waals surface area contributed by atoms with Crippen molar-refractivity contribution in [1.82, 2.24) is 9.55 Å². The number of benzene rings is 2. The first-order valence-electron chi connectivity index (χ1n) is 7.09. The van der Waals surface area contributed by atoms with Gasteiger partial charge in [0.25, 0.3) is 0 Å². The van der Waals surface area contributed by atoms with Gasteiger partial charge in [-0.25, -0.2) is 4.98 Å². The number of imidazole rings is 1. The lowest BCUT2D eigenvalue weighted by molar-refractivity contribution is 0.0740. The molecule has 9 heteroatoms. The van der Waals surface area contributed by atoms with Gasteiger partial charge in [-0.2, -0.15) is 13.9 Å². The van der Waals surface area contributed by atoms with Gasteiger partial charge in [-0.15, -0.1) is 0 Å². The fourth-order valence-corrected chi connectivity index (χ4v) is 3.24. The van der Waals surface area contributed by atoms with Crippen LogP contribution in [0.15, 0.2) is 41.5 Å². The van der Waals surface area contributed by atoms with Crippen LogP contribution >= 0.6 is 34.8 Å². The van der Waals surface area contributed by atoms with E-state index >= 15 is 0 Å². The minimum absolute atomic E-state index is 0.0462. The number of hydrazone groups is 1. The predicted octanol–water partition coefficient (Wildman–Crippen LogP) is 6.23. The van der Waals surface area contributed by atoms with Crippen molar-refractivity contribution in [3.05, 3.63) is 57.3 Å². The Morgan fingerprint density at radius 2 is 1.80 bits per heavy atom. The van der Waals surface area contributed by atoms with E-state index in [1.54, 1.807) is 31.2 Å². The lowest BCUT2D eigenvalue weighted by Crippen LogP contribution is -2.11. The Kier molecular flexibility index (Phi) is 5.13. The molecule has 2 aromatic carbocycles. The average molecular weight is 404 g/mol. The predicted molar refractivity (Wildman–Crippen MR) is 98.3 cm³/mol. The highest BCUT2D eigenvalue weighted by Gasteiger charge is 2.19. The van der Waals surface area contributed by atoms with E-state index < -0.39 is 6.55 Å². The topological polar surface area (TPSA) is 42.2 Å². The van der Waals surface area contributed by atoms with Crippen LogP contribution in [0.5, 0.6) is 0 Å². The number of para-hydroxylation sites is 2. The second kappa shape index (κ2) is 7.15. The lowest BCUT2D eigenvalue weighted by atomic mass is 10.3. The summed E-state index contributed by atoms with van der Waals surface area (Å²) in [5.41, 5.74) is 4.04. The molecule has 4 nitrogen and oxygen atoms in total. The normalized spacial score (nSPS) is 12.2. The third-order valence-corrected chi connectivity index (χ3v) is 4.27. The van der Waals surface area contributed by atoms with Gasteiger partial charge in [0, 0.05) is 5.02 Å². The van der Waals surface area contributed by atoms with Crippen molar-refractivity contribution in [3.63, 3.8) is 0 Å². The molecule has 25 heavy (non-hydrogen) atoms. The van der Waals surface area contributed by atoms with Crippen LogP contribution < -0.4 is 5.43 Å².